The zero-order chi connectivity index (χ0) is 24.4. The molecular weight excluding hydrogens is 459 g/mol. The fraction of sp³-hybridized carbons (Fsp3) is 0.312. The van der Waals surface area contributed by atoms with Crippen molar-refractivity contribution in [3.8, 4) is 0 Å². The number of hydrogen-bond donors (Lipinski definition) is 0. The molecule has 2 fully saturated rings. The Kier molecular flexibility index (Phi) is 6.69. The fourth-order valence-electron chi connectivity index (χ4n) is 6.25. The van der Waals surface area contributed by atoms with Gasteiger partial charge in [0.1, 0.15) is 0 Å². The number of fused-ring (bicyclic) bond motifs is 1. The highest BCUT2D eigenvalue weighted by atomic mass is 31.2. The second-order valence-corrected chi connectivity index (χ2v) is 13.0. The summed E-state index contributed by atoms with van der Waals surface area (Å²) in [5.74, 6) is 0. The summed E-state index contributed by atoms with van der Waals surface area (Å²) in [5.41, 5.74) is 1.19. The Hall–Kier alpha value is -2.87. The molecule has 0 unspecified atom stereocenters. The van der Waals surface area contributed by atoms with Crippen molar-refractivity contribution in [2.24, 2.45) is 0 Å². The van der Waals surface area contributed by atoms with Gasteiger partial charge in [-0.1, -0.05) is 91.0 Å². The molecule has 0 saturated carbocycles. The molecule has 0 bridgehead atoms. The van der Waals surface area contributed by atoms with Crippen LogP contribution in [0.5, 0.6) is 0 Å². The predicted molar refractivity (Wildman–Crippen MR) is 154 cm³/mol. The van der Waals surface area contributed by atoms with Gasteiger partial charge in [-0.25, -0.2) is 0 Å². The number of piperidine rings is 1. The maximum atomic E-state index is 15.5. The molecule has 36 heavy (non-hydrogen) atoms. The van der Waals surface area contributed by atoms with Crippen LogP contribution in [0.4, 0.5) is 5.69 Å². The van der Waals surface area contributed by atoms with Gasteiger partial charge >= 0.3 is 0 Å². The Balaban J connectivity index is 1.58. The van der Waals surface area contributed by atoms with Gasteiger partial charge in [0.25, 0.3) is 0 Å². The summed E-state index contributed by atoms with van der Waals surface area (Å²) in [7, 11) is -3.10. The van der Waals surface area contributed by atoms with Crippen molar-refractivity contribution in [2.45, 2.75) is 38.1 Å². The molecule has 4 aromatic carbocycles. The molecule has 0 aromatic heterocycles. The summed E-state index contributed by atoms with van der Waals surface area (Å²) in [6, 6.07) is 33.7. The van der Waals surface area contributed by atoms with Crippen LogP contribution in [0.2, 0.25) is 0 Å². The van der Waals surface area contributed by atoms with Gasteiger partial charge in [0.2, 0.25) is 0 Å². The standard InChI is InChI=1S/C32H35N2OP/c35-36(28-15-3-1-4-16-28,29-17-5-2-6-18-29)31-21-20-26-13-7-8-19-30(26)32(31)34-24-10-9-14-27(34)25-33-22-11-12-23-33/h1-8,13,15-21,27H,9-12,14,22-25H2/t27-/m0/s1. The zero-order valence-corrected chi connectivity index (χ0v) is 21.8. The Morgan fingerprint density at radius 3 is 1.97 bits per heavy atom. The van der Waals surface area contributed by atoms with Crippen molar-refractivity contribution >= 4 is 39.5 Å². The third-order valence-corrected chi connectivity index (χ3v) is 11.1. The molecule has 0 spiro atoms. The van der Waals surface area contributed by atoms with Gasteiger partial charge in [-0.3, -0.25) is 0 Å². The smallest absolute Gasteiger partial charge is 0.173 e. The van der Waals surface area contributed by atoms with Crippen LogP contribution in [0.25, 0.3) is 10.8 Å². The topological polar surface area (TPSA) is 23.6 Å². The molecule has 2 aliphatic rings. The Morgan fingerprint density at radius 2 is 1.28 bits per heavy atom. The molecule has 0 N–H and O–H groups in total. The lowest BCUT2D eigenvalue weighted by atomic mass is 9.98. The van der Waals surface area contributed by atoms with Crippen LogP contribution >= 0.6 is 7.14 Å². The average Bonchev–Trinajstić information content (AvgIpc) is 3.46. The number of nitrogens with zero attached hydrogens (tertiary/aromatic N) is 2. The third-order valence-electron chi connectivity index (χ3n) is 8.04. The first-order valence-corrected chi connectivity index (χ1v) is 15.2. The molecule has 6 rings (SSSR count). The molecule has 0 aliphatic carbocycles. The van der Waals surface area contributed by atoms with E-state index in [1.807, 2.05) is 60.7 Å². The highest BCUT2D eigenvalue weighted by Crippen LogP contribution is 2.47. The van der Waals surface area contributed by atoms with Crippen molar-refractivity contribution in [3.63, 3.8) is 0 Å². The molecule has 184 valence electrons. The Morgan fingerprint density at radius 1 is 0.667 bits per heavy atom. The van der Waals surface area contributed by atoms with Crippen molar-refractivity contribution in [1.82, 2.24) is 4.90 Å². The molecule has 3 nitrogen and oxygen atoms in total. The van der Waals surface area contributed by atoms with E-state index < -0.39 is 7.14 Å². The van der Waals surface area contributed by atoms with Crippen LogP contribution in [0, 0.1) is 0 Å². The minimum Gasteiger partial charge on any atom is -0.366 e. The van der Waals surface area contributed by atoms with E-state index in [0.29, 0.717) is 6.04 Å². The van der Waals surface area contributed by atoms with Crippen molar-refractivity contribution in [1.29, 1.82) is 0 Å². The maximum absolute atomic E-state index is 15.5. The van der Waals surface area contributed by atoms with E-state index >= 15 is 4.57 Å². The molecule has 4 heteroatoms. The zero-order valence-electron chi connectivity index (χ0n) is 20.9. The first kappa shape index (κ1) is 23.5. The summed E-state index contributed by atoms with van der Waals surface area (Å²) in [4.78, 5) is 5.28. The van der Waals surface area contributed by atoms with Crippen molar-refractivity contribution < 1.29 is 4.57 Å². The lowest BCUT2D eigenvalue weighted by Gasteiger charge is -2.42. The Bertz CT molecular complexity index is 1320. The van der Waals surface area contributed by atoms with Crippen LogP contribution in [0.15, 0.2) is 97.1 Å². The van der Waals surface area contributed by atoms with Gasteiger partial charge in [-0.05, 0) is 56.6 Å². The maximum Gasteiger partial charge on any atom is 0.173 e. The lowest BCUT2D eigenvalue weighted by Crippen LogP contribution is -2.48. The summed E-state index contributed by atoms with van der Waals surface area (Å²) < 4.78 is 15.5. The van der Waals surface area contributed by atoms with Gasteiger partial charge in [0, 0.05) is 40.4 Å². The Labute approximate surface area is 215 Å². The molecule has 1 atom stereocenters. The van der Waals surface area contributed by atoms with E-state index in [-0.39, 0.29) is 0 Å². The SMILES string of the molecule is O=P(c1ccccc1)(c1ccccc1)c1ccc2ccccc2c1N1CCCC[C@H]1CN1CCCC1. The molecule has 2 heterocycles. The molecule has 4 aromatic rings. The van der Waals surface area contributed by atoms with Crippen LogP contribution in [0.1, 0.15) is 32.1 Å². The first-order valence-electron chi connectivity index (χ1n) is 13.5. The van der Waals surface area contributed by atoms with Gasteiger partial charge < -0.3 is 14.4 Å². The van der Waals surface area contributed by atoms with Gasteiger partial charge in [0.05, 0.1) is 5.69 Å². The fourth-order valence-corrected chi connectivity index (χ4v) is 9.12. The number of benzene rings is 4. The molecule has 2 saturated heterocycles. The van der Waals surface area contributed by atoms with Crippen molar-refractivity contribution in [2.75, 3.05) is 31.1 Å². The van der Waals surface area contributed by atoms with E-state index in [1.165, 1.54) is 61.7 Å². The normalized spacial score (nSPS) is 19.1. The quantitative estimate of drug-likeness (QED) is 0.310. The minimum absolute atomic E-state index is 0.446. The molecule has 0 amide bonds. The lowest BCUT2D eigenvalue weighted by molar-refractivity contribution is 0.285. The summed E-state index contributed by atoms with van der Waals surface area (Å²) >= 11 is 0. The summed E-state index contributed by atoms with van der Waals surface area (Å²) in [5, 5.41) is 5.22. The molecule has 0 radical (unpaired) electrons. The van der Waals surface area contributed by atoms with E-state index in [9.17, 15) is 0 Å². The third kappa shape index (κ3) is 4.29. The molecule has 2 aliphatic heterocycles. The van der Waals surface area contributed by atoms with Crippen LogP contribution < -0.4 is 20.8 Å². The number of anilines is 1. The van der Waals surface area contributed by atoms with Crippen LogP contribution in [-0.2, 0) is 4.57 Å². The monoisotopic (exact) mass is 494 g/mol. The molecular formula is C32H35N2OP. The number of hydrogen-bond acceptors (Lipinski definition) is 3. The number of rotatable bonds is 6. The second-order valence-electron chi connectivity index (χ2n) is 10.3. The van der Waals surface area contributed by atoms with Crippen molar-refractivity contribution in [3.05, 3.63) is 97.1 Å². The van der Waals surface area contributed by atoms with E-state index in [1.54, 1.807) is 0 Å². The first-order chi connectivity index (χ1) is 17.7. The average molecular weight is 495 g/mol. The highest BCUT2D eigenvalue weighted by Gasteiger charge is 2.36. The predicted octanol–water partition coefficient (Wildman–Crippen LogP) is 5.93. The second kappa shape index (κ2) is 10.2. The minimum atomic E-state index is -3.10. The summed E-state index contributed by atoms with van der Waals surface area (Å²) in [6.45, 7) is 4.53. The van der Waals surface area contributed by atoms with Crippen LogP contribution in [-0.4, -0.2) is 37.1 Å². The van der Waals surface area contributed by atoms with E-state index in [4.69, 9.17) is 0 Å². The highest BCUT2D eigenvalue weighted by molar-refractivity contribution is 7.85. The van der Waals surface area contributed by atoms with E-state index in [0.717, 1.165) is 29.0 Å². The van der Waals surface area contributed by atoms with Gasteiger partial charge in [-0.2, -0.15) is 0 Å². The number of likely N-dealkylation sites (tertiary alicyclic amines) is 1. The summed E-state index contributed by atoms with van der Waals surface area (Å²) in [6.07, 6.45) is 6.26. The van der Waals surface area contributed by atoms with Gasteiger partial charge in [-0.15, -0.1) is 0 Å². The van der Waals surface area contributed by atoms with Gasteiger partial charge in [0.15, 0.2) is 7.14 Å². The van der Waals surface area contributed by atoms with E-state index in [2.05, 4.69) is 46.2 Å². The largest absolute Gasteiger partial charge is 0.366 e. The van der Waals surface area contributed by atoms with Crippen LogP contribution in [0.3, 0.4) is 0 Å².